The third kappa shape index (κ3) is 4.19. The number of nitrogens with one attached hydrogen (secondary N) is 2. The Morgan fingerprint density at radius 1 is 1.00 bits per heavy atom. The maximum absolute atomic E-state index is 12.2. The molecule has 0 aliphatic heterocycles. The molecular formula is C18H20N2O2. The van der Waals surface area contributed by atoms with Crippen LogP contribution in [-0.2, 0) is 4.79 Å². The second-order valence-corrected chi connectivity index (χ2v) is 5.35. The number of carbonyl (C=O) groups is 2. The first-order chi connectivity index (χ1) is 10.5. The summed E-state index contributed by atoms with van der Waals surface area (Å²) < 4.78 is 0. The Morgan fingerprint density at radius 2 is 1.68 bits per heavy atom. The van der Waals surface area contributed by atoms with Crippen LogP contribution in [0.1, 0.15) is 28.4 Å². The van der Waals surface area contributed by atoms with Crippen molar-refractivity contribution in [3.05, 3.63) is 59.2 Å². The van der Waals surface area contributed by atoms with Gasteiger partial charge in [0.15, 0.2) is 5.78 Å². The molecule has 0 saturated carbocycles. The van der Waals surface area contributed by atoms with Crippen molar-refractivity contribution in [2.24, 2.45) is 0 Å². The van der Waals surface area contributed by atoms with Crippen LogP contribution in [0.25, 0.3) is 0 Å². The van der Waals surface area contributed by atoms with Crippen molar-refractivity contribution < 1.29 is 9.59 Å². The van der Waals surface area contributed by atoms with Crippen LogP contribution in [-0.4, -0.2) is 18.2 Å². The molecule has 0 spiro atoms. The topological polar surface area (TPSA) is 58.2 Å². The smallest absolute Gasteiger partial charge is 0.221 e. The average Bonchev–Trinajstić information content (AvgIpc) is 2.46. The van der Waals surface area contributed by atoms with E-state index in [2.05, 4.69) is 16.7 Å². The summed E-state index contributed by atoms with van der Waals surface area (Å²) in [5.41, 5.74) is 4.59. The molecule has 0 aliphatic carbocycles. The number of rotatable bonds is 5. The summed E-state index contributed by atoms with van der Waals surface area (Å²) in [6.07, 6.45) is 0. The molecule has 4 heteroatoms. The Kier molecular flexibility index (Phi) is 4.94. The number of hydrogen-bond donors (Lipinski definition) is 2. The zero-order valence-corrected chi connectivity index (χ0v) is 13.1. The first-order valence-electron chi connectivity index (χ1n) is 7.17. The Labute approximate surface area is 130 Å². The second-order valence-electron chi connectivity index (χ2n) is 5.35. The van der Waals surface area contributed by atoms with Crippen molar-refractivity contribution in [2.75, 3.05) is 17.2 Å². The lowest BCUT2D eigenvalue weighted by atomic mass is 10.1. The first-order valence-corrected chi connectivity index (χ1v) is 7.17. The van der Waals surface area contributed by atoms with E-state index in [9.17, 15) is 9.59 Å². The molecule has 0 radical (unpaired) electrons. The SMILES string of the molecule is CC(=O)Nc1ccc(C(=O)CNc2ccc(C)cc2C)cc1. The molecule has 22 heavy (non-hydrogen) atoms. The third-order valence-electron chi connectivity index (χ3n) is 3.35. The zero-order valence-electron chi connectivity index (χ0n) is 13.1. The van der Waals surface area contributed by atoms with Gasteiger partial charge < -0.3 is 10.6 Å². The van der Waals surface area contributed by atoms with Gasteiger partial charge in [-0.15, -0.1) is 0 Å². The summed E-state index contributed by atoms with van der Waals surface area (Å²) in [4.78, 5) is 23.1. The van der Waals surface area contributed by atoms with Gasteiger partial charge in [0.1, 0.15) is 0 Å². The van der Waals surface area contributed by atoms with Crippen LogP contribution >= 0.6 is 0 Å². The quantitative estimate of drug-likeness (QED) is 0.829. The van der Waals surface area contributed by atoms with Gasteiger partial charge in [0, 0.05) is 23.9 Å². The molecule has 0 aromatic heterocycles. The molecule has 0 heterocycles. The van der Waals surface area contributed by atoms with Crippen molar-refractivity contribution in [3.63, 3.8) is 0 Å². The highest BCUT2D eigenvalue weighted by Crippen LogP contribution is 2.16. The minimum atomic E-state index is -0.129. The Bertz CT molecular complexity index is 691. The van der Waals surface area contributed by atoms with Gasteiger partial charge in [0.2, 0.25) is 5.91 Å². The number of amides is 1. The molecule has 2 aromatic rings. The minimum Gasteiger partial charge on any atom is -0.377 e. The maximum Gasteiger partial charge on any atom is 0.221 e. The molecule has 2 aromatic carbocycles. The summed E-state index contributed by atoms with van der Waals surface area (Å²) in [6, 6.07) is 13.0. The van der Waals surface area contributed by atoms with Crippen molar-refractivity contribution in [1.82, 2.24) is 0 Å². The third-order valence-corrected chi connectivity index (χ3v) is 3.35. The monoisotopic (exact) mass is 296 g/mol. The molecule has 0 unspecified atom stereocenters. The van der Waals surface area contributed by atoms with Gasteiger partial charge in [-0.25, -0.2) is 0 Å². The van der Waals surface area contributed by atoms with E-state index in [1.807, 2.05) is 26.0 Å². The molecule has 2 rings (SSSR count). The molecule has 0 saturated heterocycles. The lowest BCUT2D eigenvalue weighted by molar-refractivity contribution is -0.114. The summed E-state index contributed by atoms with van der Waals surface area (Å²) in [5, 5.41) is 5.84. The number of aryl methyl sites for hydroxylation is 2. The number of ketones is 1. The Balaban J connectivity index is 1.98. The van der Waals surface area contributed by atoms with Crippen molar-refractivity contribution in [2.45, 2.75) is 20.8 Å². The molecule has 0 bridgehead atoms. The lowest BCUT2D eigenvalue weighted by Gasteiger charge is -2.10. The predicted octanol–water partition coefficient (Wildman–Crippen LogP) is 3.56. The van der Waals surface area contributed by atoms with E-state index in [1.165, 1.54) is 12.5 Å². The summed E-state index contributed by atoms with van der Waals surface area (Å²) in [6.45, 7) is 5.75. The van der Waals surface area contributed by atoms with Crippen LogP contribution in [0.15, 0.2) is 42.5 Å². The number of anilines is 2. The fourth-order valence-electron chi connectivity index (χ4n) is 2.23. The normalized spacial score (nSPS) is 10.1. The molecule has 114 valence electrons. The molecule has 0 fully saturated rings. The number of hydrogen-bond acceptors (Lipinski definition) is 3. The highest BCUT2D eigenvalue weighted by molar-refractivity contribution is 5.99. The molecule has 1 amide bonds. The number of benzene rings is 2. The number of Topliss-reactive ketones (excluding diaryl/α,β-unsaturated/α-hetero) is 1. The van der Waals surface area contributed by atoms with Gasteiger partial charge in [-0.2, -0.15) is 0 Å². The lowest BCUT2D eigenvalue weighted by Crippen LogP contribution is -2.14. The fourth-order valence-corrected chi connectivity index (χ4v) is 2.23. The average molecular weight is 296 g/mol. The van der Waals surface area contributed by atoms with E-state index in [-0.39, 0.29) is 18.2 Å². The number of carbonyl (C=O) groups excluding carboxylic acids is 2. The van der Waals surface area contributed by atoms with Gasteiger partial charge >= 0.3 is 0 Å². The van der Waals surface area contributed by atoms with Gasteiger partial charge in [0.05, 0.1) is 6.54 Å². The van der Waals surface area contributed by atoms with Crippen LogP contribution in [0.2, 0.25) is 0 Å². The second kappa shape index (κ2) is 6.89. The standard InChI is InChI=1S/C18H20N2O2/c1-12-4-9-17(13(2)10-12)19-11-18(22)15-5-7-16(8-6-15)20-14(3)21/h4-10,19H,11H2,1-3H3,(H,20,21). The first kappa shape index (κ1) is 15.8. The van der Waals surface area contributed by atoms with Gasteiger partial charge in [-0.1, -0.05) is 17.7 Å². The summed E-state index contributed by atoms with van der Waals surface area (Å²) in [7, 11) is 0. The molecule has 0 aliphatic rings. The maximum atomic E-state index is 12.2. The van der Waals surface area contributed by atoms with E-state index in [0.29, 0.717) is 11.3 Å². The van der Waals surface area contributed by atoms with Crippen molar-refractivity contribution >= 4 is 23.1 Å². The van der Waals surface area contributed by atoms with Crippen molar-refractivity contribution in [1.29, 1.82) is 0 Å². The van der Waals surface area contributed by atoms with Crippen LogP contribution in [0, 0.1) is 13.8 Å². The predicted molar refractivity (Wildman–Crippen MR) is 89.5 cm³/mol. The van der Waals surface area contributed by atoms with E-state index in [0.717, 1.165) is 11.3 Å². The van der Waals surface area contributed by atoms with Crippen LogP contribution in [0.4, 0.5) is 11.4 Å². The van der Waals surface area contributed by atoms with E-state index >= 15 is 0 Å². The van der Waals surface area contributed by atoms with Gasteiger partial charge in [0.25, 0.3) is 0 Å². The molecule has 4 nitrogen and oxygen atoms in total. The molecule has 2 N–H and O–H groups in total. The summed E-state index contributed by atoms with van der Waals surface area (Å²) >= 11 is 0. The Hall–Kier alpha value is -2.62. The van der Waals surface area contributed by atoms with Gasteiger partial charge in [-0.3, -0.25) is 9.59 Å². The highest BCUT2D eigenvalue weighted by atomic mass is 16.1. The van der Waals surface area contributed by atoms with E-state index < -0.39 is 0 Å². The molecule has 0 atom stereocenters. The largest absolute Gasteiger partial charge is 0.377 e. The summed E-state index contributed by atoms with van der Waals surface area (Å²) in [5.74, 6) is -0.120. The van der Waals surface area contributed by atoms with E-state index in [4.69, 9.17) is 0 Å². The van der Waals surface area contributed by atoms with Crippen LogP contribution < -0.4 is 10.6 Å². The molecular weight excluding hydrogens is 276 g/mol. The highest BCUT2D eigenvalue weighted by Gasteiger charge is 2.07. The van der Waals surface area contributed by atoms with Crippen LogP contribution in [0.5, 0.6) is 0 Å². The minimum absolute atomic E-state index is 0.00866. The van der Waals surface area contributed by atoms with Crippen molar-refractivity contribution in [3.8, 4) is 0 Å². The Morgan fingerprint density at radius 3 is 2.27 bits per heavy atom. The van der Waals surface area contributed by atoms with Crippen LogP contribution in [0.3, 0.4) is 0 Å². The fraction of sp³-hybridized carbons (Fsp3) is 0.222. The van der Waals surface area contributed by atoms with Gasteiger partial charge in [-0.05, 0) is 49.7 Å². The van der Waals surface area contributed by atoms with E-state index in [1.54, 1.807) is 24.3 Å². The zero-order chi connectivity index (χ0) is 16.1.